The summed E-state index contributed by atoms with van der Waals surface area (Å²) in [6, 6.07) is 33.1. The summed E-state index contributed by atoms with van der Waals surface area (Å²) in [5.74, 6) is 0.266. The van der Waals surface area contributed by atoms with Crippen molar-refractivity contribution in [2.45, 2.75) is 41.0 Å². The topological polar surface area (TPSA) is 17.1 Å². The third-order valence-electron chi connectivity index (χ3n) is 6.42. The zero-order chi connectivity index (χ0) is 21.8. The van der Waals surface area contributed by atoms with Crippen molar-refractivity contribution in [2.75, 3.05) is 6.16 Å². The second-order valence-corrected chi connectivity index (χ2v) is 13.9. The van der Waals surface area contributed by atoms with Crippen molar-refractivity contribution in [3.05, 3.63) is 91.0 Å². The summed E-state index contributed by atoms with van der Waals surface area (Å²) >= 11 is 0. The normalized spacial score (nSPS) is 13.1. The van der Waals surface area contributed by atoms with Crippen LogP contribution in [0.1, 0.15) is 41.0 Å². The van der Waals surface area contributed by atoms with Crippen LogP contribution < -0.4 is 15.9 Å². The summed E-state index contributed by atoms with van der Waals surface area (Å²) in [7, 11) is -2.31. The van der Waals surface area contributed by atoms with Crippen LogP contribution in [0.2, 0.25) is 0 Å². The van der Waals surface area contributed by atoms with Gasteiger partial charge >= 0.3 is 183 Å². The third-order valence-corrected chi connectivity index (χ3v) is 11.9. The molecule has 0 spiro atoms. The number of carbonyl (C=O) groups is 1. The Morgan fingerprint density at radius 1 is 0.667 bits per heavy atom. The van der Waals surface area contributed by atoms with Crippen molar-refractivity contribution in [2.24, 2.45) is 10.8 Å². The van der Waals surface area contributed by atoms with Gasteiger partial charge in [0.1, 0.15) is 0 Å². The molecule has 3 aromatic rings. The van der Waals surface area contributed by atoms with Gasteiger partial charge in [0.25, 0.3) is 0 Å². The molecule has 0 radical (unpaired) electrons. The summed E-state index contributed by atoms with van der Waals surface area (Å²) in [6.07, 6.45) is 1.92. The average molecular weight is 419 g/mol. The molecule has 2 heteroatoms. The van der Waals surface area contributed by atoms with E-state index in [1.54, 1.807) is 6.92 Å². The van der Waals surface area contributed by atoms with E-state index in [9.17, 15) is 4.79 Å². The molecule has 0 N–H and O–H groups in total. The van der Waals surface area contributed by atoms with Crippen molar-refractivity contribution in [3.8, 4) is 0 Å². The number of ketones is 1. The second-order valence-electron chi connectivity index (χ2n) is 9.96. The summed E-state index contributed by atoms with van der Waals surface area (Å²) in [5, 5.41) is 4.28. The summed E-state index contributed by atoms with van der Waals surface area (Å²) in [4.78, 5) is 12.3. The van der Waals surface area contributed by atoms with E-state index in [2.05, 4.69) is 119 Å². The first-order valence-electron chi connectivity index (χ1n) is 10.9. The molecule has 0 aliphatic carbocycles. The van der Waals surface area contributed by atoms with E-state index in [4.69, 9.17) is 0 Å². The first-order chi connectivity index (χ1) is 14.2. The quantitative estimate of drug-likeness (QED) is 0.426. The fraction of sp³-hybridized carbons (Fsp3) is 0.321. The monoisotopic (exact) mass is 418 g/mol. The standard InChI is InChI=1S/C28H35OP/c1-23(29)28(4,5)21-27(2,3)22-30(24-15-9-6-10-16-24,25-17-11-7-12-18-25)26-19-13-8-14-20-26/h6-20,30H,21-22H2,1-5H3. The Labute approximate surface area is 182 Å². The first-order valence-corrected chi connectivity index (χ1v) is 13.1. The molecule has 0 unspecified atom stereocenters. The Balaban J connectivity index is 2.23. The van der Waals surface area contributed by atoms with Crippen LogP contribution in [0.4, 0.5) is 0 Å². The Hall–Kier alpha value is -2.24. The molecule has 0 aliphatic heterocycles. The Bertz CT molecular complexity index is 863. The predicted molar refractivity (Wildman–Crippen MR) is 134 cm³/mol. The average Bonchev–Trinajstić information content (AvgIpc) is 2.73. The fourth-order valence-corrected chi connectivity index (χ4v) is 10.5. The second kappa shape index (κ2) is 8.86. The molecule has 30 heavy (non-hydrogen) atoms. The molecule has 0 amide bonds. The van der Waals surface area contributed by atoms with Crippen molar-refractivity contribution in [3.63, 3.8) is 0 Å². The first kappa shape index (κ1) is 22.4. The van der Waals surface area contributed by atoms with Crippen LogP contribution in [0, 0.1) is 10.8 Å². The van der Waals surface area contributed by atoms with Gasteiger partial charge in [-0.05, 0) is 0 Å². The van der Waals surface area contributed by atoms with Crippen LogP contribution in [0.25, 0.3) is 0 Å². The maximum absolute atomic E-state index is 12.3. The molecule has 0 aromatic heterocycles. The molecular weight excluding hydrogens is 383 g/mol. The SMILES string of the molecule is CC(=O)C(C)(C)CC(C)(C)C[PH](c1ccccc1)(c1ccccc1)c1ccccc1. The van der Waals surface area contributed by atoms with Gasteiger partial charge < -0.3 is 0 Å². The number of hydrogen-bond donors (Lipinski definition) is 0. The third kappa shape index (κ3) is 4.73. The van der Waals surface area contributed by atoms with Gasteiger partial charge in [0, 0.05) is 0 Å². The van der Waals surface area contributed by atoms with Gasteiger partial charge in [-0.3, -0.25) is 0 Å². The zero-order valence-electron chi connectivity index (χ0n) is 19.0. The van der Waals surface area contributed by atoms with E-state index in [1.165, 1.54) is 15.9 Å². The van der Waals surface area contributed by atoms with E-state index in [1.807, 2.05) is 0 Å². The van der Waals surface area contributed by atoms with E-state index in [-0.39, 0.29) is 16.6 Å². The van der Waals surface area contributed by atoms with Crippen LogP contribution in [-0.2, 0) is 4.79 Å². The molecule has 158 valence electrons. The number of benzene rings is 3. The van der Waals surface area contributed by atoms with Gasteiger partial charge in [0.05, 0.1) is 0 Å². The number of Topliss-reactive ketones (excluding diaryl/α,β-unsaturated/α-hetero) is 1. The minimum atomic E-state index is -2.31. The van der Waals surface area contributed by atoms with Crippen LogP contribution in [-0.4, -0.2) is 11.9 Å². The minimum absolute atomic E-state index is 0.00289. The Kier molecular flexibility index (Phi) is 6.63. The van der Waals surface area contributed by atoms with E-state index in [0.717, 1.165) is 12.6 Å². The summed E-state index contributed by atoms with van der Waals surface area (Å²) in [6.45, 7) is 10.6. The van der Waals surface area contributed by atoms with Crippen molar-refractivity contribution < 1.29 is 4.79 Å². The van der Waals surface area contributed by atoms with Crippen molar-refractivity contribution in [1.29, 1.82) is 0 Å². The Morgan fingerprint density at radius 2 is 1.00 bits per heavy atom. The molecular formula is C28H35OP. The molecule has 0 saturated heterocycles. The van der Waals surface area contributed by atoms with Gasteiger partial charge in [-0.2, -0.15) is 0 Å². The molecule has 3 aromatic carbocycles. The molecule has 0 atom stereocenters. The number of carbonyl (C=O) groups excluding carboxylic acids is 1. The van der Waals surface area contributed by atoms with Gasteiger partial charge in [-0.1, -0.05) is 0 Å². The van der Waals surface area contributed by atoms with Gasteiger partial charge in [-0.25, -0.2) is 0 Å². The molecule has 0 aliphatic rings. The van der Waals surface area contributed by atoms with Crippen LogP contribution in [0.5, 0.6) is 0 Å². The van der Waals surface area contributed by atoms with Crippen LogP contribution >= 0.6 is 7.26 Å². The molecule has 3 rings (SSSR count). The van der Waals surface area contributed by atoms with Crippen molar-refractivity contribution in [1.82, 2.24) is 0 Å². The number of rotatable bonds is 8. The van der Waals surface area contributed by atoms with E-state index >= 15 is 0 Å². The van der Waals surface area contributed by atoms with E-state index < -0.39 is 7.26 Å². The van der Waals surface area contributed by atoms with Crippen LogP contribution in [0.3, 0.4) is 0 Å². The predicted octanol–water partition coefficient (Wildman–Crippen LogP) is 5.74. The number of hydrogen-bond acceptors (Lipinski definition) is 1. The van der Waals surface area contributed by atoms with E-state index in [0.29, 0.717) is 0 Å². The zero-order valence-corrected chi connectivity index (χ0v) is 20.0. The molecule has 1 nitrogen and oxygen atoms in total. The molecule has 0 fully saturated rings. The van der Waals surface area contributed by atoms with Gasteiger partial charge in [0.2, 0.25) is 0 Å². The summed E-state index contributed by atoms with van der Waals surface area (Å²) < 4.78 is 0. The maximum atomic E-state index is 12.3. The fourth-order valence-electron chi connectivity index (χ4n) is 5.08. The molecule has 0 heterocycles. The van der Waals surface area contributed by atoms with Gasteiger partial charge in [0.15, 0.2) is 0 Å². The van der Waals surface area contributed by atoms with Crippen LogP contribution in [0.15, 0.2) is 91.0 Å². The van der Waals surface area contributed by atoms with Gasteiger partial charge in [-0.15, -0.1) is 0 Å². The van der Waals surface area contributed by atoms with Crippen molar-refractivity contribution >= 4 is 29.0 Å². The summed E-state index contributed by atoms with van der Waals surface area (Å²) in [5.41, 5.74) is -0.323. The Morgan fingerprint density at radius 3 is 1.30 bits per heavy atom. The molecule has 0 bridgehead atoms. The molecule has 0 saturated carbocycles.